The molecule has 0 aromatic heterocycles. The fourth-order valence-corrected chi connectivity index (χ4v) is 4.95. The highest BCUT2D eigenvalue weighted by Crippen LogP contribution is 2.42. The van der Waals surface area contributed by atoms with Crippen molar-refractivity contribution in [1.29, 1.82) is 0 Å². The van der Waals surface area contributed by atoms with Gasteiger partial charge >= 0.3 is 0 Å². The molecule has 1 amide bonds. The number of carbonyl (C=O) groups is 1. The van der Waals surface area contributed by atoms with Crippen LogP contribution in [0.3, 0.4) is 0 Å². The third kappa shape index (κ3) is 3.59. The van der Waals surface area contributed by atoms with Crippen LogP contribution in [0.25, 0.3) is 11.1 Å². The van der Waals surface area contributed by atoms with Crippen LogP contribution >= 0.6 is 0 Å². The summed E-state index contributed by atoms with van der Waals surface area (Å²) < 4.78 is 0. The number of rotatable bonds is 3. The van der Waals surface area contributed by atoms with Crippen LogP contribution in [-0.4, -0.2) is 59.1 Å². The van der Waals surface area contributed by atoms with Crippen LogP contribution in [0.1, 0.15) is 36.8 Å². The largest absolute Gasteiger partial charge is 0.395 e. The average molecular weight is 379 g/mol. The van der Waals surface area contributed by atoms with Gasteiger partial charge < -0.3 is 10.0 Å². The second-order valence-corrected chi connectivity index (χ2v) is 8.24. The highest BCUT2D eigenvalue weighted by Gasteiger charge is 2.49. The summed E-state index contributed by atoms with van der Waals surface area (Å²) >= 11 is 0. The summed E-state index contributed by atoms with van der Waals surface area (Å²) in [5.41, 5.74) is 4.97. The molecule has 0 saturated carbocycles. The number of fused-ring (bicyclic) bond motifs is 1. The molecule has 2 fully saturated rings. The van der Waals surface area contributed by atoms with E-state index in [2.05, 4.69) is 60.4 Å². The second kappa shape index (κ2) is 8.06. The Bertz CT molecular complexity index is 833. The monoisotopic (exact) mass is 378 g/mol. The van der Waals surface area contributed by atoms with Crippen molar-refractivity contribution < 1.29 is 9.90 Å². The molecule has 2 aromatic rings. The van der Waals surface area contributed by atoms with Gasteiger partial charge in [0, 0.05) is 38.0 Å². The summed E-state index contributed by atoms with van der Waals surface area (Å²) in [4.78, 5) is 16.4. The van der Waals surface area contributed by atoms with Gasteiger partial charge in [-0.15, -0.1) is 0 Å². The summed E-state index contributed by atoms with van der Waals surface area (Å²) in [6, 6.07) is 17.8. The molecule has 148 valence electrons. The lowest BCUT2D eigenvalue weighted by Crippen LogP contribution is -2.67. The van der Waals surface area contributed by atoms with Gasteiger partial charge in [0.2, 0.25) is 5.91 Å². The Labute approximate surface area is 167 Å². The maximum absolute atomic E-state index is 12.0. The average Bonchev–Trinajstić information content (AvgIpc) is 2.67. The molecule has 28 heavy (non-hydrogen) atoms. The molecular formula is C24H30N2O2. The normalized spacial score (nSPS) is 25.4. The van der Waals surface area contributed by atoms with E-state index in [1.807, 2.05) is 4.90 Å². The van der Waals surface area contributed by atoms with Crippen molar-refractivity contribution in [3.63, 3.8) is 0 Å². The standard InChI is InChI=1S/C24H30N2O2/c1-17-6-5-7-21(14-17)19-8-10-20(11-9-19)24-22-15-25(18(2)28)12-3-4-13-26(22)23(24)16-27/h5-11,14,22-24,27H,3-4,12-13,15-16H2,1-2H3/t22-,23+,24+/m0/s1. The van der Waals surface area contributed by atoms with Crippen LogP contribution < -0.4 is 0 Å². The lowest BCUT2D eigenvalue weighted by Gasteiger charge is -2.57. The first-order valence-corrected chi connectivity index (χ1v) is 10.4. The molecule has 2 aliphatic rings. The van der Waals surface area contributed by atoms with Crippen LogP contribution in [0, 0.1) is 6.92 Å². The van der Waals surface area contributed by atoms with E-state index < -0.39 is 0 Å². The predicted molar refractivity (Wildman–Crippen MR) is 112 cm³/mol. The minimum Gasteiger partial charge on any atom is -0.395 e. The minimum atomic E-state index is 0.154. The summed E-state index contributed by atoms with van der Waals surface area (Å²) in [5, 5.41) is 10.0. The van der Waals surface area contributed by atoms with Crippen molar-refractivity contribution in [2.45, 2.75) is 44.7 Å². The molecule has 4 nitrogen and oxygen atoms in total. The first kappa shape index (κ1) is 19.2. The van der Waals surface area contributed by atoms with Gasteiger partial charge in [-0.2, -0.15) is 0 Å². The number of aliphatic hydroxyl groups is 1. The molecule has 2 heterocycles. The van der Waals surface area contributed by atoms with Crippen LogP contribution in [-0.2, 0) is 4.79 Å². The molecule has 2 saturated heterocycles. The third-order valence-corrected chi connectivity index (χ3v) is 6.46. The summed E-state index contributed by atoms with van der Waals surface area (Å²) in [5.74, 6) is 0.430. The first-order chi connectivity index (χ1) is 13.6. The number of hydrogen-bond donors (Lipinski definition) is 1. The van der Waals surface area contributed by atoms with Gasteiger partial charge in [-0.05, 0) is 43.0 Å². The minimum absolute atomic E-state index is 0.154. The van der Waals surface area contributed by atoms with E-state index in [1.165, 1.54) is 22.3 Å². The number of nitrogens with zero attached hydrogens (tertiary/aromatic N) is 2. The number of hydrogen-bond acceptors (Lipinski definition) is 3. The van der Waals surface area contributed by atoms with Crippen LogP contribution in [0.2, 0.25) is 0 Å². The number of carbonyl (C=O) groups excluding carboxylic acids is 1. The smallest absolute Gasteiger partial charge is 0.219 e. The van der Waals surface area contributed by atoms with Crippen LogP contribution in [0.4, 0.5) is 0 Å². The molecule has 0 aliphatic carbocycles. The quantitative estimate of drug-likeness (QED) is 0.890. The molecule has 0 unspecified atom stereocenters. The van der Waals surface area contributed by atoms with E-state index in [0.717, 1.165) is 32.5 Å². The van der Waals surface area contributed by atoms with Crippen molar-refractivity contribution >= 4 is 5.91 Å². The van der Waals surface area contributed by atoms with Crippen molar-refractivity contribution in [3.8, 4) is 11.1 Å². The lowest BCUT2D eigenvalue weighted by molar-refractivity contribution is -0.134. The zero-order valence-corrected chi connectivity index (χ0v) is 16.8. The van der Waals surface area contributed by atoms with E-state index in [-0.39, 0.29) is 24.5 Å². The molecule has 1 N–H and O–H groups in total. The molecule has 2 aliphatic heterocycles. The first-order valence-electron chi connectivity index (χ1n) is 10.4. The van der Waals surface area contributed by atoms with Gasteiger partial charge in [0.15, 0.2) is 0 Å². The SMILES string of the molecule is CC(=O)N1CCCCN2[C@H](CO)[C@H](c3ccc(-c4cccc(C)c4)cc3)[C@@H]2C1. The van der Waals surface area contributed by atoms with E-state index in [1.54, 1.807) is 6.92 Å². The van der Waals surface area contributed by atoms with Crippen molar-refractivity contribution in [2.24, 2.45) is 0 Å². The number of aryl methyl sites for hydroxylation is 1. The van der Waals surface area contributed by atoms with Gasteiger partial charge in [0.1, 0.15) is 0 Å². The zero-order valence-electron chi connectivity index (χ0n) is 16.8. The summed E-state index contributed by atoms with van der Waals surface area (Å²) in [6.07, 6.45) is 2.12. The Balaban J connectivity index is 1.58. The molecule has 0 bridgehead atoms. The molecule has 4 heteroatoms. The maximum Gasteiger partial charge on any atom is 0.219 e. The number of amides is 1. The number of aliphatic hydroxyl groups excluding tert-OH is 1. The van der Waals surface area contributed by atoms with Gasteiger partial charge in [0.25, 0.3) is 0 Å². The number of benzene rings is 2. The Hall–Kier alpha value is -2.17. The Morgan fingerprint density at radius 2 is 1.82 bits per heavy atom. The van der Waals surface area contributed by atoms with E-state index >= 15 is 0 Å². The summed E-state index contributed by atoms with van der Waals surface area (Å²) in [6.45, 7) is 6.57. The van der Waals surface area contributed by atoms with Crippen molar-refractivity contribution in [1.82, 2.24) is 9.80 Å². The van der Waals surface area contributed by atoms with Crippen LogP contribution in [0.5, 0.6) is 0 Å². The topological polar surface area (TPSA) is 43.8 Å². The third-order valence-electron chi connectivity index (χ3n) is 6.46. The summed E-state index contributed by atoms with van der Waals surface area (Å²) in [7, 11) is 0. The van der Waals surface area contributed by atoms with Crippen molar-refractivity contribution in [2.75, 3.05) is 26.2 Å². The molecule has 0 spiro atoms. The maximum atomic E-state index is 12.0. The Morgan fingerprint density at radius 1 is 1.07 bits per heavy atom. The Kier molecular flexibility index (Phi) is 5.51. The van der Waals surface area contributed by atoms with E-state index in [0.29, 0.717) is 6.04 Å². The van der Waals surface area contributed by atoms with Crippen LogP contribution in [0.15, 0.2) is 48.5 Å². The van der Waals surface area contributed by atoms with Crippen molar-refractivity contribution in [3.05, 3.63) is 59.7 Å². The molecular weight excluding hydrogens is 348 g/mol. The van der Waals surface area contributed by atoms with Gasteiger partial charge in [-0.1, -0.05) is 54.1 Å². The fraction of sp³-hybridized carbons (Fsp3) is 0.458. The molecule has 4 rings (SSSR count). The fourth-order valence-electron chi connectivity index (χ4n) is 4.95. The highest BCUT2D eigenvalue weighted by molar-refractivity contribution is 5.73. The molecule has 2 aromatic carbocycles. The second-order valence-electron chi connectivity index (χ2n) is 8.24. The van der Waals surface area contributed by atoms with E-state index in [9.17, 15) is 9.90 Å². The van der Waals surface area contributed by atoms with Gasteiger partial charge in [0.05, 0.1) is 6.61 Å². The lowest BCUT2D eigenvalue weighted by atomic mass is 9.74. The van der Waals surface area contributed by atoms with Gasteiger partial charge in [-0.3, -0.25) is 9.69 Å². The zero-order chi connectivity index (χ0) is 19.7. The predicted octanol–water partition coefficient (Wildman–Crippen LogP) is 3.43. The highest BCUT2D eigenvalue weighted by atomic mass is 16.3. The van der Waals surface area contributed by atoms with Gasteiger partial charge in [-0.25, -0.2) is 0 Å². The van der Waals surface area contributed by atoms with E-state index in [4.69, 9.17) is 0 Å². The Morgan fingerprint density at radius 3 is 2.50 bits per heavy atom. The molecule has 3 atom stereocenters. The molecule has 0 radical (unpaired) electrons.